The van der Waals surface area contributed by atoms with Crippen LogP contribution in [0.3, 0.4) is 0 Å². The molecule has 0 amide bonds. The number of phenolic OH excluding ortho intramolecular Hbond substituents is 1. The normalized spacial score (nSPS) is 30.8. The molecule has 7 heteroatoms. The van der Waals surface area contributed by atoms with E-state index in [1.807, 2.05) is 0 Å². The molecule has 0 spiro atoms. The van der Waals surface area contributed by atoms with Crippen molar-refractivity contribution in [2.75, 3.05) is 6.61 Å². The van der Waals surface area contributed by atoms with Crippen molar-refractivity contribution in [2.45, 2.75) is 31.5 Å². The zero-order valence-corrected chi connectivity index (χ0v) is 10.8. The van der Waals surface area contributed by atoms with Gasteiger partial charge in [-0.2, -0.15) is 17.6 Å². The number of phenols is 1. The van der Waals surface area contributed by atoms with Gasteiger partial charge in [-0.25, -0.2) is 4.39 Å². The second-order valence-electron chi connectivity index (χ2n) is 5.11. The summed E-state index contributed by atoms with van der Waals surface area (Å²) in [6.07, 6.45) is -4.59. The summed E-state index contributed by atoms with van der Waals surface area (Å²) in [5.74, 6) is -5.58. The number of rotatable bonds is 1. The first-order valence-electron chi connectivity index (χ1n) is 5.97. The van der Waals surface area contributed by atoms with Crippen LogP contribution in [0.4, 0.5) is 22.0 Å². The molecule has 1 fully saturated rings. The Labute approximate surface area is 112 Å². The van der Waals surface area contributed by atoms with Crippen molar-refractivity contribution in [3.8, 4) is 5.75 Å². The number of ether oxygens (including phenoxy) is 1. The highest BCUT2D eigenvalue weighted by Crippen LogP contribution is 2.51. The maximum absolute atomic E-state index is 13.3. The van der Waals surface area contributed by atoms with Crippen LogP contribution >= 0.6 is 0 Å². The van der Waals surface area contributed by atoms with Crippen LogP contribution in [-0.2, 0) is 4.74 Å². The lowest BCUT2D eigenvalue weighted by Crippen LogP contribution is -2.46. The molecule has 1 heterocycles. The van der Waals surface area contributed by atoms with E-state index < -0.39 is 41.0 Å². The molecule has 1 aliphatic heterocycles. The summed E-state index contributed by atoms with van der Waals surface area (Å²) >= 11 is 0. The highest BCUT2D eigenvalue weighted by molar-refractivity contribution is 5.38. The number of benzene rings is 1. The van der Waals surface area contributed by atoms with Gasteiger partial charge in [0.2, 0.25) is 5.82 Å². The summed E-state index contributed by atoms with van der Waals surface area (Å²) < 4.78 is 70.1. The molecule has 112 valence electrons. The van der Waals surface area contributed by atoms with E-state index in [4.69, 9.17) is 4.74 Å². The average molecular weight is 296 g/mol. The van der Waals surface area contributed by atoms with Gasteiger partial charge in [0.05, 0.1) is 6.61 Å². The average Bonchev–Trinajstić information content (AvgIpc) is 2.65. The number of aromatic hydroxyl groups is 1. The fourth-order valence-corrected chi connectivity index (χ4v) is 2.48. The molecule has 0 radical (unpaired) electrons. The number of alkyl halides is 3. The lowest BCUT2D eigenvalue weighted by Gasteiger charge is -2.32. The second-order valence-corrected chi connectivity index (χ2v) is 5.11. The predicted molar refractivity (Wildman–Crippen MR) is 60.3 cm³/mol. The molecule has 0 aliphatic carbocycles. The number of hydrogen-bond acceptors (Lipinski definition) is 2. The zero-order valence-electron chi connectivity index (χ0n) is 10.8. The van der Waals surface area contributed by atoms with Crippen LogP contribution in [0.1, 0.15) is 25.3 Å². The first kappa shape index (κ1) is 15.0. The van der Waals surface area contributed by atoms with E-state index >= 15 is 0 Å². The molecule has 3 atom stereocenters. The van der Waals surface area contributed by atoms with Crippen LogP contribution in [0.5, 0.6) is 5.75 Å². The van der Waals surface area contributed by atoms with E-state index in [1.165, 1.54) is 6.92 Å². The predicted octanol–water partition coefficient (Wildman–Crippen LogP) is 3.74. The maximum Gasteiger partial charge on any atom is 0.417 e. The lowest BCUT2D eigenvalue weighted by atomic mass is 9.79. The fourth-order valence-electron chi connectivity index (χ4n) is 2.48. The van der Waals surface area contributed by atoms with Gasteiger partial charge in [-0.1, -0.05) is 13.0 Å². The Bertz CT molecular complexity index is 528. The summed E-state index contributed by atoms with van der Waals surface area (Å²) in [6.45, 7) is 1.90. The molecule has 1 aromatic rings. The van der Waals surface area contributed by atoms with Gasteiger partial charge in [0.15, 0.2) is 17.2 Å². The minimum atomic E-state index is -4.59. The number of hydrogen-bond donors (Lipinski definition) is 1. The summed E-state index contributed by atoms with van der Waals surface area (Å²) in [4.78, 5) is 0. The van der Waals surface area contributed by atoms with Crippen LogP contribution in [0.15, 0.2) is 12.1 Å². The van der Waals surface area contributed by atoms with E-state index in [0.29, 0.717) is 0 Å². The van der Waals surface area contributed by atoms with Gasteiger partial charge < -0.3 is 9.84 Å². The van der Waals surface area contributed by atoms with Gasteiger partial charge in [0, 0.05) is 17.4 Å². The van der Waals surface area contributed by atoms with Crippen LogP contribution in [0.25, 0.3) is 0 Å². The standard InChI is InChI=1S/C13H13F5O2/c1-6-8(5-20-12(6,2)13(16,17)18)7-3-4-9(14)10(15)11(7)19/h3-4,6,8,19H,5H2,1-2H3/t6-,8-,12-/m1/s1. The Hall–Kier alpha value is -1.37. The maximum atomic E-state index is 13.3. The van der Waals surface area contributed by atoms with Gasteiger partial charge in [-0.15, -0.1) is 0 Å². The van der Waals surface area contributed by atoms with Gasteiger partial charge >= 0.3 is 6.18 Å². The van der Waals surface area contributed by atoms with E-state index in [9.17, 15) is 27.1 Å². The molecule has 0 saturated carbocycles. The van der Waals surface area contributed by atoms with Gasteiger partial charge in [0.25, 0.3) is 0 Å². The van der Waals surface area contributed by atoms with Gasteiger partial charge in [-0.3, -0.25) is 0 Å². The summed E-state index contributed by atoms with van der Waals surface area (Å²) in [5.41, 5.74) is -2.46. The van der Waals surface area contributed by atoms with Crippen molar-refractivity contribution in [3.05, 3.63) is 29.3 Å². The van der Waals surface area contributed by atoms with Crippen LogP contribution in [0.2, 0.25) is 0 Å². The Morgan fingerprint density at radius 2 is 1.90 bits per heavy atom. The molecule has 1 aromatic carbocycles. The molecule has 2 rings (SSSR count). The topological polar surface area (TPSA) is 29.5 Å². The van der Waals surface area contributed by atoms with Crippen molar-refractivity contribution in [2.24, 2.45) is 5.92 Å². The molecule has 0 aromatic heterocycles. The van der Waals surface area contributed by atoms with Crippen molar-refractivity contribution in [1.29, 1.82) is 0 Å². The molecule has 0 unspecified atom stereocenters. The Morgan fingerprint density at radius 3 is 2.40 bits per heavy atom. The Morgan fingerprint density at radius 1 is 1.30 bits per heavy atom. The van der Waals surface area contributed by atoms with E-state index in [0.717, 1.165) is 19.1 Å². The largest absolute Gasteiger partial charge is 0.505 e. The summed E-state index contributed by atoms with van der Waals surface area (Å²) in [7, 11) is 0. The SMILES string of the molecule is C[C@@H]1[C@H](c2ccc(F)c(F)c2O)CO[C@@]1(C)C(F)(F)F. The van der Waals surface area contributed by atoms with Crippen LogP contribution in [-0.4, -0.2) is 23.5 Å². The molecular weight excluding hydrogens is 283 g/mol. The summed E-state index contributed by atoms with van der Waals surface area (Å²) in [6, 6.07) is 1.86. The first-order valence-corrected chi connectivity index (χ1v) is 5.97. The third-order valence-corrected chi connectivity index (χ3v) is 4.10. The second kappa shape index (κ2) is 4.58. The van der Waals surface area contributed by atoms with Crippen molar-refractivity contribution in [1.82, 2.24) is 0 Å². The van der Waals surface area contributed by atoms with E-state index in [1.54, 1.807) is 0 Å². The third kappa shape index (κ3) is 2.04. The smallest absolute Gasteiger partial charge is 0.417 e. The molecule has 1 aliphatic rings. The van der Waals surface area contributed by atoms with Crippen LogP contribution in [0, 0.1) is 17.6 Å². The molecule has 0 bridgehead atoms. The molecule has 2 nitrogen and oxygen atoms in total. The Balaban J connectivity index is 2.40. The minimum Gasteiger partial charge on any atom is -0.505 e. The fraction of sp³-hybridized carbons (Fsp3) is 0.538. The Kier molecular flexibility index (Phi) is 3.44. The number of halogens is 5. The minimum absolute atomic E-state index is 0.0793. The first-order chi connectivity index (χ1) is 9.09. The third-order valence-electron chi connectivity index (χ3n) is 4.10. The molecule has 1 saturated heterocycles. The van der Waals surface area contributed by atoms with Crippen molar-refractivity contribution in [3.63, 3.8) is 0 Å². The zero-order chi connectivity index (χ0) is 15.3. The van der Waals surface area contributed by atoms with Gasteiger partial charge in [-0.05, 0) is 13.0 Å². The molecule has 1 N–H and O–H groups in total. The highest BCUT2D eigenvalue weighted by atomic mass is 19.4. The van der Waals surface area contributed by atoms with Crippen molar-refractivity contribution < 1.29 is 31.8 Å². The highest BCUT2D eigenvalue weighted by Gasteiger charge is 2.61. The lowest BCUT2D eigenvalue weighted by molar-refractivity contribution is -0.266. The molecular formula is C13H13F5O2. The van der Waals surface area contributed by atoms with Crippen molar-refractivity contribution >= 4 is 0 Å². The van der Waals surface area contributed by atoms with E-state index in [2.05, 4.69) is 0 Å². The van der Waals surface area contributed by atoms with Crippen LogP contribution < -0.4 is 0 Å². The molecule has 20 heavy (non-hydrogen) atoms. The summed E-state index contributed by atoms with van der Waals surface area (Å²) in [5, 5.41) is 9.58. The van der Waals surface area contributed by atoms with Gasteiger partial charge in [0.1, 0.15) is 0 Å². The van der Waals surface area contributed by atoms with E-state index in [-0.39, 0.29) is 12.2 Å². The quantitative estimate of drug-likeness (QED) is 0.800. The monoisotopic (exact) mass is 296 g/mol.